The summed E-state index contributed by atoms with van der Waals surface area (Å²) in [6.45, 7) is 0. The van der Waals surface area contributed by atoms with Gasteiger partial charge in [0.25, 0.3) is 0 Å². The standard InChI is InChI=1S/C18H16N2O2/c1-21-15-10-8-14(9-11-15)17-12-16(19-18(20-17)22-2)13-6-4-3-5-7-13/h3-12H,1-2H3. The molecule has 0 saturated heterocycles. The Bertz CT molecular complexity index is 756. The molecule has 0 aliphatic heterocycles. The van der Waals surface area contributed by atoms with Gasteiger partial charge in [0.1, 0.15) is 5.75 Å². The minimum Gasteiger partial charge on any atom is -0.497 e. The van der Waals surface area contributed by atoms with Gasteiger partial charge in [-0.25, -0.2) is 0 Å². The number of methoxy groups -OCH3 is 2. The minimum atomic E-state index is 0.354. The van der Waals surface area contributed by atoms with Crippen LogP contribution in [0.3, 0.4) is 0 Å². The molecule has 0 N–H and O–H groups in total. The average Bonchev–Trinajstić information content (AvgIpc) is 2.62. The summed E-state index contributed by atoms with van der Waals surface area (Å²) in [6, 6.07) is 20.0. The number of aromatic nitrogens is 2. The number of hydrogen-bond donors (Lipinski definition) is 0. The van der Waals surface area contributed by atoms with E-state index < -0.39 is 0 Å². The van der Waals surface area contributed by atoms with Crippen molar-refractivity contribution >= 4 is 0 Å². The third-order valence-corrected chi connectivity index (χ3v) is 3.34. The van der Waals surface area contributed by atoms with Gasteiger partial charge in [0.05, 0.1) is 25.6 Å². The summed E-state index contributed by atoms with van der Waals surface area (Å²) < 4.78 is 10.4. The smallest absolute Gasteiger partial charge is 0.317 e. The molecule has 0 atom stereocenters. The zero-order valence-corrected chi connectivity index (χ0v) is 12.5. The number of benzene rings is 2. The fraction of sp³-hybridized carbons (Fsp3) is 0.111. The van der Waals surface area contributed by atoms with Crippen molar-refractivity contribution in [3.63, 3.8) is 0 Å². The molecular formula is C18H16N2O2. The van der Waals surface area contributed by atoms with Gasteiger partial charge in [0.2, 0.25) is 0 Å². The van der Waals surface area contributed by atoms with E-state index in [4.69, 9.17) is 9.47 Å². The second-order valence-corrected chi connectivity index (χ2v) is 4.72. The molecule has 22 heavy (non-hydrogen) atoms. The summed E-state index contributed by atoms with van der Waals surface area (Å²) in [5.74, 6) is 0.813. The van der Waals surface area contributed by atoms with Gasteiger partial charge in [0, 0.05) is 11.1 Å². The first-order valence-corrected chi connectivity index (χ1v) is 6.93. The van der Waals surface area contributed by atoms with E-state index in [0.717, 1.165) is 28.3 Å². The van der Waals surface area contributed by atoms with Crippen molar-refractivity contribution in [3.8, 4) is 34.3 Å². The van der Waals surface area contributed by atoms with Crippen molar-refractivity contribution in [3.05, 3.63) is 60.7 Å². The SMILES string of the molecule is COc1ccc(-c2cc(-c3ccccc3)nc(OC)n2)cc1. The van der Waals surface area contributed by atoms with E-state index in [1.165, 1.54) is 0 Å². The number of rotatable bonds is 4. The van der Waals surface area contributed by atoms with Crippen LogP contribution in [0.1, 0.15) is 0 Å². The quantitative estimate of drug-likeness (QED) is 0.733. The average molecular weight is 292 g/mol. The van der Waals surface area contributed by atoms with Crippen LogP contribution in [-0.2, 0) is 0 Å². The lowest BCUT2D eigenvalue weighted by Gasteiger charge is -2.08. The van der Waals surface area contributed by atoms with Gasteiger partial charge < -0.3 is 9.47 Å². The molecule has 0 saturated carbocycles. The molecular weight excluding hydrogens is 276 g/mol. The van der Waals surface area contributed by atoms with Crippen molar-refractivity contribution in [1.82, 2.24) is 9.97 Å². The maximum absolute atomic E-state index is 5.24. The minimum absolute atomic E-state index is 0.354. The summed E-state index contributed by atoms with van der Waals surface area (Å²) in [5, 5.41) is 0. The number of ether oxygens (including phenoxy) is 2. The van der Waals surface area contributed by atoms with E-state index in [0.29, 0.717) is 6.01 Å². The van der Waals surface area contributed by atoms with Gasteiger partial charge in [-0.15, -0.1) is 0 Å². The predicted octanol–water partition coefficient (Wildman–Crippen LogP) is 3.83. The lowest BCUT2D eigenvalue weighted by Crippen LogP contribution is -1.96. The summed E-state index contributed by atoms with van der Waals surface area (Å²) in [7, 11) is 3.22. The molecule has 0 fully saturated rings. The molecule has 110 valence electrons. The molecule has 4 nitrogen and oxygen atoms in total. The largest absolute Gasteiger partial charge is 0.497 e. The lowest BCUT2D eigenvalue weighted by molar-refractivity contribution is 0.381. The third-order valence-electron chi connectivity index (χ3n) is 3.34. The Morgan fingerprint density at radius 2 is 1.27 bits per heavy atom. The molecule has 0 spiro atoms. The molecule has 0 radical (unpaired) electrons. The number of nitrogens with zero attached hydrogens (tertiary/aromatic N) is 2. The van der Waals surface area contributed by atoms with Crippen molar-refractivity contribution < 1.29 is 9.47 Å². The van der Waals surface area contributed by atoms with Crippen LogP contribution in [0.5, 0.6) is 11.8 Å². The fourth-order valence-electron chi connectivity index (χ4n) is 2.18. The highest BCUT2D eigenvalue weighted by Gasteiger charge is 2.08. The Kier molecular flexibility index (Phi) is 4.01. The molecule has 0 aliphatic rings. The van der Waals surface area contributed by atoms with Crippen LogP contribution in [0.2, 0.25) is 0 Å². The first kappa shape index (κ1) is 14.1. The number of hydrogen-bond acceptors (Lipinski definition) is 4. The van der Waals surface area contributed by atoms with Crippen LogP contribution in [0.4, 0.5) is 0 Å². The Morgan fingerprint density at radius 1 is 0.682 bits per heavy atom. The van der Waals surface area contributed by atoms with Crippen LogP contribution in [0.15, 0.2) is 60.7 Å². The Balaban J connectivity index is 2.07. The third kappa shape index (κ3) is 2.91. The maximum atomic E-state index is 5.24. The maximum Gasteiger partial charge on any atom is 0.317 e. The van der Waals surface area contributed by atoms with Crippen LogP contribution >= 0.6 is 0 Å². The summed E-state index contributed by atoms with van der Waals surface area (Å²) in [4.78, 5) is 8.85. The van der Waals surface area contributed by atoms with Crippen LogP contribution in [-0.4, -0.2) is 24.2 Å². The van der Waals surface area contributed by atoms with Crippen molar-refractivity contribution in [2.24, 2.45) is 0 Å². The van der Waals surface area contributed by atoms with Gasteiger partial charge >= 0.3 is 6.01 Å². The first-order chi connectivity index (χ1) is 10.8. The summed E-state index contributed by atoms with van der Waals surface area (Å²) in [6.07, 6.45) is 0. The first-order valence-electron chi connectivity index (χ1n) is 6.93. The molecule has 0 amide bonds. The molecule has 4 heteroatoms. The van der Waals surface area contributed by atoms with E-state index >= 15 is 0 Å². The molecule has 3 aromatic rings. The van der Waals surface area contributed by atoms with E-state index in [-0.39, 0.29) is 0 Å². The van der Waals surface area contributed by atoms with Crippen molar-refractivity contribution in [2.75, 3.05) is 14.2 Å². The molecule has 1 aromatic heterocycles. The second kappa shape index (κ2) is 6.26. The molecule has 1 heterocycles. The van der Waals surface area contributed by atoms with Crippen molar-refractivity contribution in [2.45, 2.75) is 0 Å². The van der Waals surface area contributed by atoms with Crippen LogP contribution < -0.4 is 9.47 Å². The topological polar surface area (TPSA) is 44.2 Å². The highest BCUT2D eigenvalue weighted by molar-refractivity contribution is 5.68. The normalized spacial score (nSPS) is 10.3. The second-order valence-electron chi connectivity index (χ2n) is 4.72. The van der Waals surface area contributed by atoms with Gasteiger partial charge in [-0.2, -0.15) is 9.97 Å². The highest BCUT2D eigenvalue weighted by atomic mass is 16.5. The van der Waals surface area contributed by atoms with E-state index in [2.05, 4.69) is 9.97 Å². The molecule has 0 aliphatic carbocycles. The van der Waals surface area contributed by atoms with E-state index in [9.17, 15) is 0 Å². The molecule has 3 rings (SSSR count). The molecule has 0 bridgehead atoms. The molecule has 2 aromatic carbocycles. The Hall–Kier alpha value is -2.88. The highest BCUT2D eigenvalue weighted by Crippen LogP contribution is 2.26. The zero-order valence-electron chi connectivity index (χ0n) is 12.5. The lowest BCUT2D eigenvalue weighted by atomic mass is 10.1. The van der Waals surface area contributed by atoms with Gasteiger partial charge in [0.15, 0.2) is 0 Å². The Morgan fingerprint density at radius 3 is 1.82 bits per heavy atom. The van der Waals surface area contributed by atoms with Gasteiger partial charge in [-0.1, -0.05) is 30.3 Å². The monoisotopic (exact) mass is 292 g/mol. The summed E-state index contributed by atoms with van der Waals surface area (Å²) >= 11 is 0. The van der Waals surface area contributed by atoms with Crippen LogP contribution in [0, 0.1) is 0 Å². The van der Waals surface area contributed by atoms with E-state index in [1.807, 2.05) is 60.7 Å². The predicted molar refractivity (Wildman–Crippen MR) is 86.0 cm³/mol. The van der Waals surface area contributed by atoms with Crippen molar-refractivity contribution in [1.29, 1.82) is 0 Å². The van der Waals surface area contributed by atoms with Crippen LogP contribution in [0.25, 0.3) is 22.5 Å². The fourth-order valence-corrected chi connectivity index (χ4v) is 2.18. The van der Waals surface area contributed by atoms with E-state index in [1.54, 1.807) is 14.2 Å². The summed E-state index contributed by atoms with van der Waals surface area (Å²) in [5.41, 5.74) is 3.66. The zero-order chi connectivity index (χ0) is 15.4. The Labute approximate surface area is 129 Å². The molecule has 0 unspecified atom stereocenters. The van der Waals surface area contributed by atoms with Gasteiger partial charge in [-0.05, 0) is 30.3 Å². The van der Waals surface area contributed by atoms with Gasteiger partial charge in [-0.3, -0.25) is 0 Å².